The minimum Gasteiger partial charge on any atom is -0.319 e. The van der Waals surface area contributed by atoms with Crippen molar-refractivity contribution in [1.29, 1.82) is 0 Å². The predicted octanol–water partition coefficient (Wildman–Crippen LogP) is 3.14. The molecule has 0 fully saturated rings. The zero-order chi connectivity index (χ0) is 15.2. The molecule has 1 N–H and O–H groups in total. The summed E-state index contributed by atoms with van der Waals surface area (Å²) < 4.78 is 2.13. The lowest BCUT2D eigenvalue weighted by Crippen LogP contribution is -2.24. The molecule has 0 bridgehead atoms. The zero-order valence-corrected chi connectivity index (χ0v) is 13.7. The van der Waals surface area contributed by atoms with Gasteiger partial charge in [0.1, 0.15) is 0 Å². The molecule has 114 valence electrons. The Morgan fingerprint density at radius 1 is 1.19 bits per heavy atom. The van der Waals surface area contributed by atoms with Gasteiger partial charge in [0.15, 0.2) is 0 Å². The van der Waals surface area contributed by atoms with Crippen LogP contribution in [-0.4, -0.2) is 23.4 Å². The van der Waals surface area contributed by atoms with Crippen LogP contribution in [0.15, 0.2) is 30.3 Å². The highest BCUT2D eigenvalue weighted by Crippen LogP contribution is 2.16. The number of aromatic nitrogens is 2. The quantitative estimate of drug-likeness (QED) is 0.847. The van der Waals surface area contributed by atoms with E-state index in [2.05, 4.69) is 66.2 Å². The molecule has 0 saturated heterocycles. The Hall–Kier alpha value is -1.61. The lowest BCUT2D eigenvalue weighted by atomic mass is 9.93. The van der Waals surface area contributed by atoms with Crippen molar-refractivity contribution in [2.75, 3.05) is 13.6 Å². The highest BCUT2D eigenvalue weighted by Gasteiger charge is 2.14. The molecule has 0 saturated carbocycles. The average Bonchev–Trinajstić information content (AvgIpc) is 2.79. The van der Waals surface area contributed by atoms with Gasteiger partial charge in [-0.25, -0.2) is 0 Å². The van der Waals surface area contributed by atoms with E-state index in [0.29, 0.717) is 5.92 Å². The molecule has 3 nitrogen and oxygen atoms in total. The summed E-state index contributed by atoms with van der Waals surface area (Å²) in [7, 11) is 2.03. The van der Waals surface area contributed by atoms with E-state index in [4.69, 9.17) is 0 Å². The fourth-order valence-corrected chi connectivity index (χ4v) is 3.01. The summed E-state index contributed by atoms with van der Waals surface area (Å²) in [5.41, 5.74) is 5.23. The number of nitrogens with zero attached hydrogens (tertiary/aromatic N) is 2. The summed E-state index contributed by atoms with van der Waals surface area (Å²) in [6.45, 7) is 8.36. The molecule has 0 radical (unpaired) electrons. The third kappa shape index (κ3) is 4.43. The second kappa shape index (κ2) is 7.41. The van der Waals surface area contributed by atoms with Crippen molar-refractivity contribution in [3.8, 4) is 0 Å². The van der Waals surface area contributed by atoms with Crippen molar-refractivity contribution in [1.82, 2.24) is 15.1 Å². The maximum absolute atomic E-state index is 4.56. The van der Waals surface area contributed by atoms with Crippen LogP contribution in [0.1, 0.15) is 29.4 Å². The molecule has 1 aromatic carbocycles. The maximum Gasteiger partial charge on any atom is 0.0596 e. The van der Waals surface area contributed by atoms with Crippen LogP contribution < -0.4 is 5.32 Å². The van der Waals surface area contributed by atoms with Crippen LogP contribution in [0.4, 0.5) is 0 Å². The average molecular weight is 285 g/mol. The van der Waals surface area contributed by atoms with Gasteiger partial charge in [0.25, 0.3) is 0 Å². The van der Waals surface area contributed by atoms with Gasteiger partial charge in [-0.2, -0.15) is 5.10 Å². The highest BCUT2D eigenvalue weighted by atomic mass is 15.3. The van der Waals surface area contributed by atoms with E-state index in [1.54, 1.807) is 0 Å². The molecule has 0 amide bonds. The number of hydrogen-bond acceptors (Lipinski definition) is 2. The first-order valence-corrected chi connectivity index (χ1v) is 7.85. The molecule has 1 atom stereocenters. The van der Waals surface area contributed by atoms with Crippen LogP contribution in [-0.2, 0) is 19.4 Å². The fourth-order valence-electron chi connectivity index (χ4n) is 3.01. The van der Waals surface area contributed by atoms with Gasteiger partial charge in [-0.3, -0.25) is 4.68 Å². The summed E-state index contributed by atoms with van der Waals surface area (Å²) in [5.74, 6) is 0.596. The molecule has 0 aliphatic carbocycles. The van der Waals surface area contributed by atoms with Gasteiger partial charge < -0.3 is 5.32 Å². The van der Waals surface area contributed by atoms with Crippen LogP contribution in [0, 0.1) is 19.8 Å². The predicted molar refractivity (Wildman–Crippen MR) is 88.6 cm³/mol. The SMILES string of the molecule is CCn1nc(C)cc1CC(CNC)Cc1cccc(C)c1. The molecule has 21 heavy (non-hydrogen) atoms. The summed E-state index contributed by atoms with van der Waals surface area (Å²) >= 11 is 0. The van der Waals surface area contributed by atoms with Crippen LogP contribution in [0.3, 0.4) is 0 Å². The van der Waals surface area contributed by atoms with Gasteiger partial charge >= 0.3 is 0 Å². The van der Waals surface area contributed by atoms with Gasteiger partial charge in [0.2, 0.25) is 0 Å². The summed E-state index contributed by atoms with van der Waals surface area (Å²) in [4.78, 5) is 0. The van der Waals surface area contributed by atoms with E-state index in [1.807, 2.05) is 7.05 Å². The Kier molecular flexibility index (Phi) is 5.57. The number of nitrogens with one attached hydrogen (secondary N) is 1. The smallest absolute Gasteiger partial charge is 0.0596 e. The second-order valence-electron chi connectivity index (χ2n) is 5.91. The van der Waals surface area contributed by atoms with E-state index in [0.717, 1.165) is 31.6 Å². The molecular formula is C18H27N3. The van der Waals surface area contributed by atoms with E-state index in [1.165, 1.54) is 16.8 Å². The first kappa shape index (κ1) is 15.8. The minimum atomic E-state index is 0.596. The first-order chi connectivity index (χ1) is 10.1. The largest absolute Gasteiger partial charge is 0.319 e. The Balaban J connectivity index is 2.11. The number of benzene rings is 1. The molecular weight excluding hydrogens is 258 g/mol. The van der Waals surface area contributed by atoms with Gasteiger partial charge in [0.05, 0.1) is 5.69 Å². The molecule has 1 aromatic heterocycles. The van der Waals surface area contributed by atoms with Crippen molar-refractivity contribution < 1.29 is 0 Å². The molecule has 0 aliphatic heterocycles. The Bertz CT molecular complexity index is 572. The van der Waals surface area contributed by atoms with Gasteiger partial charge in [0, 0.05) is 12.2 Å². The van der Waals surface area contributed by atoms with Crippen molar-refractivity contribution in [3.05, 3.63) is 52.8 Å². The van der Waals surface area contributed by atoms with E-state index in [9.17, 15) is 0 Å². The second-order valence-corrected chi connectivity index (χ2v) is 5.91. The number of hydrogen-bond donors (Lipinski definition) is 1. The third-order valence-corrected chi connectivity index (χ3v) is 3.88. The fraction of sp³-hybridized carbons (Fsp3) is 0.500. The maximum atomic E-state index is 4.56. The van der Waals surface area contributed by atoms with Crippen LogP contribution >= 0.6 is 0 Å². The van der Waals surface area contributed by atoms with Gasteiger partial charge in [-0.1, -0.05) is 29.8 Å². The summed E-state index contributed by atoms with van der Waals surface area (Å²) in [5, 5.41) is 7.90. The van der Waals surface area contributed by atoms with Crippen molar-refractivity contribution in [2.45, 2.75) is 40.2 Å². The molecule has 0 spiro atoms. The first-order valence-electron chi connectivity index (χ1n) is 7.85. The lowest BCUT2D eigenvalue weighted by molar-refractivity contribution is 0.469. The molecule has 2 rings (SSSR count). The van der Waals surface area contributed by atoms with E-state index < -0.39 is 0 Å². The number of rotatable bonds is 7. The normalized spacial score (nSPS) is 12.6. The molecule has 1 heterocycles. The van der Waals surface area contributed by atoms with Crippen LogP contribution in [0.5, 0.6) is 0 Å². The van der Waals surface area contributed by atoms with Crippen LogP contribution in [0.2, 0.25) is 0 Å². The minimum absolute atomic E-state index is 0.596. The van der Waals surface area contributed by atoms with E-state index >= 15 is 0 Å². The summed E-state index contributed by atoms with van der Waals surface area (Å²) in [6.07, 6.45) is 2.18. The topological polar surface area (TPSA) is 29.9 Å². The third-order valence-electron chi connectivity index (χ3n) is 3.88. The molecule has 0 aliphatic rings. The highest BCUT2D eigenvalue weighted by molar-refractivity contribution is 5.23. The van der Waals surface area contributed by atoms with Crippen molar-refractivity contribution >= 4 is 0 Å². The van der Waals surface area contributed by atoms with E-state index in [-0.39, 0.29) is 0 Å². The Morgan fingerprint density at radius 3 is 2.67 bits per heavy atom. The van der Waals surface area contributed by atoms with Gasteiger partial charge in [-0.05, 0) is 64.8 Å². The Labute approximate surface area is 128 Å². The molecule has 3 heteroatoms. The lowest BCUT2D eigenvalue weighted by Gasteiger charge is -2.17. The molecule has 1 unspecified atom stereocenters. The van der Waals surface area contributed by atoms with Crippen LogP contribution in [0.25, 0.3) is 0 Å². The zero-order valence-electron chi connectivity index (χ0n) is 13.7. The van der Waals surface area contributed by atoms with Crippen molar-refractivity contribution in [2.24, 2.45) is 5.92 Å². The number of aryl methyl sites for hydroxylation is 3. The van der Waals surface area contributed by atoms with Gasteiger partial charge in [-0.15, -0.1) is 0 Å². The molecule has 2 aromatic rings. The Morgan fingerprint density at radius 2 is 2.00 bits per heavy atom. The monoisotopic (exact) mass is 285 g/mol. The van der Waals surface area contributed by atoms with Crippen molar-refractivity contribution in [3.63, 3.8) is 0 Å². The standard InChI is InChI=1S/C18H27N3/c1-5-21-18(10-15(3)20-21)12-17(13-19-4)11-16-8-6-7-14(2)9-16/h6-10,17,19H,5,11-13H2,1-4H3. The summed E-state index contributed by atoms with van der Waals surface area (Å²) in [6, 6.07) is 11.1.